The summed E-state index contributed by atoms with van der Waals surface area (Å²) in [5.74, 6) is -0.714. The summed E-state index contributed by atoms with van der Waals surface area (Å²) in [7, 11) is 0. The lowest BCUT2D eigenvalue weighted by Crippen LogP contribution is -2.25. The van der Waals surface area contributed by atoms with Gasteiger partial charge < -0.3 is 19.9 Å². The van der Waals surface area contributed by atoms with Crippen LogP contribution < -0.4 is 10.1 Å². The van der Waals surface area contributed by atoms with E-state index < -0.39 is 11.9 Å². The van der Waals surface area contributed by atoms with Crippen molar-refractivity contribution in [3.63, 3.8) is 0 Å². The number of anilines is 1. The molecule has 6 nitrogen and oxygen atoms in total. The molecule has 2 aromatic carbocycles. The Bertz CT molecular complexity index is 795. The van der Waals surface area contributed by atoms with Crippen LogP contribution >= 0.6 is 0 Å². The zero-order valence-electron chi connectivity index (χ0n) is 15.9. The molecule has 0 spiro atoms. The average Bonchev–Trinajstić information content (AvgIpc) is 2.70. The third-order valence-electron chi connectivity index (χ3n) is 4.76. The molecule has 1 atom stereocenters. The number of carboxylic acids is 1. The molecule has 2 aromatic rings. The molecule has 1 heterocycles. The van der Waals surface area contributed by atoms with E-state index in [0.717, 1.165) is 37.4 Å². The van der Waals surface area contributed by atoms with Crippen LogP contribution in [-0.2, 0) is 16.0 Å². The summed E-state index contributed by atoms with van der Waals surface area (Å²) in [6.07, 6.45) is 2.38. The molecule has 28 heavy (non-hydrogen) atoms. The number of hydrogen-bond acceptors (Lipinski definition) is 4. The number of carbonyl (C=O) groups excluding carboxylic acids is 1. The fourth-order valence-electron chi connectivity index (χ4n) is 3.04. The van der Waals surface area contributed by atoms with E-state index in [9.17, 15) is 9.59 Å². The molecular weight excluding hydrogens is 358 g/mol. The lowest BCUT2D eigenvalue weighted by atomic mass is 10.0. The summed E-state index contributed by atoms with van der Waals surface area (Å²) < 4.78 is 11.2. The minimum absolute atomic E-state index is 0.163. The van der Waals surface area contributed by atoms with Crippen LogP contribution in [0, 0.1) is 5.92 Å². The van der Waals surface area contributed by atoms with E-state index >= 15 is 0 Å². The molecule has 2 N–H and O–H groups in total. The number of carbonyl (C=O) groups is 2. The SMILES string of the molecule is CC(Cc1ccc(NC(=O)c2ccc(OC3CCOCC3)cc2)cc1)C(=O)O. The van der Waals surface area contributed by atoms with Crippen LogP contribution in [0.4, 0.5) is 5.69 Å². The Kier molecular flexibility index (Phi) is 6.66. The van der Waals surface area contributed by atoms with Gasteiger partial charge in [-0.05, 0) is 48.4 Å². The summed E-state index contributed by atoms with van der Waals surface area (Å²) >= 11 is 0. The molecule has 1 saturated heterocycles. The van der Waals surface area contributed by atoms with Gasteiger partial charge in [0.15, 0.2) is 0 Å². The predicted octanol–water partition coefficient (Wildman–Crippen LogP) is 3.76. The molecule has 0 saturated carbocycles. The maximum absolute atomic E-state index is 12.4. The van der Waals surface area contributed by atoms with E-state index in [1.54, 1.807) is 43.3 Å². The van der Waals surface area contributed by atoms with Crippen LogP contribution in [0.3, 0.4) is 0 Å². The number of amides is 1. The summed E-state index contributed by atoms with van der Waals surface area (Å²) in [6.45, 7) is 3.12. The molecule has 1 unspecified atom stereocenters. The van der Waals surface area contributed by atoms with E-state index in [4.69, 9.17) is 14.6 Å². The van der Waals surface area contributed by atoms with E-state index in [0.29, 0.717) is 17.7 Å². The summed E-state index contributed by atoms with van der Waals surface area (Å²) in [4.78, 5) is 23.4. The number of ether oxygens (including phenoxy) is 2. The van der Waals surface area contributed by atoms with Crippen LogP contribution in [0.5, 0.6) is 5.75 Å². The highest BCUT2D eigenvalue weighted by Crippen LogP contribution is 2.20. The van der Waals surface area contributed by atoms with Gasteiger partial charge >= 0.3 is 5.97 Å². The Balaban J connectivity index is 1.54. The topological polar surface area (TPSA) is 84.9 Å². The molecular formula is C22H25NO5. The average molecular weight is 383 g/mol. The molecule has 0 radical (unpaired) electrons. The van der Waals surface area contributed by atoms with Gasteiger partial charge in [-0.3, -0.25) is 9.59 Å². The van der Waals surface area contributed by atoms with Crippen LogP contribution in [0.25, 0.3) is 0 Å². The lowest BCUT2D eigenvalue weighted by molar-refractivity contribution is -0.141. The quantitative estimate of drug-likeness (QED) is 0.760. The van der Waals surface area contributed by atoms with Crippen molar-refractivity contribution in [3.8, 4) is 5.75 Å². The van der Waals surface area contributed by atoms with Crippen molar-refractivity contribution < 1.29 is 24.2 Å². The maximum Gasteiger partial charge on any atom is 0.306 e. The normalized spacial score (nSPS) is 15.6. The second-order valence-electron chi connectivity index (χ2n) is 7.05. The van der Waals surface area contributed by atoms with Gasteiger partial charge in [0.05, 0.1) is 19.1 Å². The van der Waals surface area contributed by atoms with Gasteiger partial charge in [-0.1, -0.05) is 19.1 Å². The summed E-state index contributed by atoms with van der Waals surface area (Å²) in [5, 5.41) is 11.8. The van der Waals surface area contributed by atoms with Crippen molar-refractivity contribution in [2.75, 3.05) is 18.5 Å². The van der Waals surface area contributed by atoms with Gasteiger partial charge in [0.25, 0.3) is 5.91 Å². The number of aliphatic carboxylic acids is 1. The van der Waals surface area contributed by atoms with Gasteiger partial charge in [-0.25, -0.2) is 0 Å². The largest absolute Gasteiger partial charge is 0.490 e. The zero-order valence-corrected chi connectivity index (χ0v) is 15.9. The monoisotopic (exact) mass is 383 g/mol. The number of carboxylic acid groups (broad SMARTS) is 1. The smallest absolute Gasteiger partial charge is 0.306 e. The second-order valence-corrected chi connectivity index (χ2v) is 7.05. The van der Waals surface area contributed by atoms with Gasteiger partial charge in [0.1, 0.15) is 11.9 Å². The molecule has 1 aliphatic rings. The van der Waals surface area contributed by atoms with E-state index in [-0.39, 0.29) is 12.0 Å². The number of nitrogens with one attached hydrogen (secondary N) is 1. The van der Waals surface area contributed by atoms with Crippen molar-refractivity contribution in [1.29, 1.82) is 0 Å². The molecule has 3 rings (SSSR count). The second kappa shape index (κ2) is 9.37. The lowest BCUT2D eigenvalue weighted by Gasteiger charge is -2.23. The Morgan fingerprint density at radius 2 is 1.75 bits per heavy atom. The molecule has 148 valence electrons. The highest BCUT2D eigenvalue weighted by atomic mass is 16.5. The van der Waals surface area contributed by atoms with Crippen molar-refractivity contribution >= 4 is 17.6 Å². The number of hydrogen-bond donors (Lipinski definition) is 2. The molecule has 1 aliphatic heterocycles. The highest BCUT2D eigenvalue weighted by molar-refractivity contribution is 6.04. The molecule has 0 aromatic heterocycles. The first-order valence-corrected chi connectivity index (χ1v) is 9.49. The van der Waals surface area contributed by atoms with Crippen molar-refractivity contribution in [2.45, 2.75) is 32.3 Å². The van der Waals surface area contributed by atoms with Crippen molar-refractivity contribution in [1.82, 2.24) is 0 Å². The predicted molar refractivity (Wildman–Crippen MR) is 106 cm³/mol. The molecule has 0 bridgehead atoms. The van der Waals surface area contributed by atoms with Gasteiger partial charge in [0, 0.05) is 24.1 Å². The number of benzene rings is 2. The summed E-state index contributed by atoms with van der Waals surface area (Å²) in [5.41, 5.74) is 2.13. The van der Waals surface area contributed by atoms with Gasteiger partial charge in [0.2, 0.25) is 0 Å². The number of rotatable bonds is 7. The standard InChI is InChI=1S/C22H25NO5/c1-15(22(25)26)14-16-2-6-18(7-3-16)23-21(24)17-4-8-19(9-5-17)28-20-10-12-27-13-11-20/h2-9,15,20H,10-14H2,1H3,(H,23,24)(H,25,26). The fraction of sp³-hybridized carbons (Fsp3) is 0.364. The first-order valence-electron chi connectivity index (χ1n) is 9.49. The van der Waals surface area contributed by atoms with E-state index in [1.165, 1.54) is 0 Å². The van der Waals surface area contributed by atoms with Crippen LogP contribution in [0.2, 0.25) is 0 Å². The summed E-state index contributed by atoms with van der Waals surface area (Å²) in [6, 6.07) is 14.3. The zero-order chi connectivity index (χ0) is 19.9. The van der Waals surface area contributed by atoms with Crippen LogP contribution in [0.15, 0.2) is 48.5 Å². The Labute approximate surface area is 164 Å². The fourth-order valence-corrected chi connectivity index (χ4v) is 3.04. The minimum Gasteiger partial charge on any atom is -0.490 e. The van der Waals surface area contributed by atoms with Crippen molar-refractivity contribution in [3.05, 3.63) is 59.7 Å². The Hall–Kier alpha value is -2.86. The first-order chi connectivity index (χ1) is 13.5. The maximum atomic E-state index is 12.4. The Morgan fingerprint density at radius 3 is 2.36 bits per heavy atom. The van der Waals surface area contributed by atoms with Crippen LogP contribution in [0.1, 0.15) is 35.7 Å². The first kappa shape index (κ1) is 19.9. The van der Waals surface area contributed by atoms with E-state index in [2.05, 4.69) is 5.32 Å². The Morgan fingerprint density at radius 1 is 1.11 bits per heavy atom. The molecule has 1 fully saturated rings. The molecule has 0 aliphatic carbocycles. The van der Waals surface area contributed by atoms with Crippen molar-refractivity contribution in [2.24, 2.45) is 5.92 Å². The molecule has 6 heteroatoms. The molecule has 1 amide bonds. The van der Waals surface area contributed by atoms with Gasteiger partial charge in [-0.15, -0.1) is 0 Å². The third-order valence-corrected chi connectivity index (χ3v) is 4.76. The third kappa shape index (κ3) is 5.57. The minimum atomic E-state index is -0.818. The van der Waals surface area contributed by atoms with Gasteiger partial charge in [-0.2, -0.15) is 0 Å². The highest BCUT2D eigenvalue weighted by Gasteiger charge is 2.16. The van der Waals surface area contributed by atoms with E-state index in [1.807, 2.05) is 12.1 Å². The van der Waals surface area contributed by atoms with Crippen LogP contribution in [-0.4, -0.2) is 36.3 Å².